The maximum absolute atomic E-state index is 10.0. The Kier molecular flexibility index (Phi) is 6.67. The predicted octanol–water partition coefficient (Wildman–Crippen LogP) is 2.13. The number of nitrogens with two attached hydrogens (primary N) is 1. The van der Waals surface area contributed by atoms with Gasteiger partial charge in [-0.15, -0.1) is 0 Å². The van der Waals surface area contributed by atoms with Crippen molar-refractivity contribution in [2.75, 3.05) is 25.9 Å². The van der Waals surface area contributed by atoms with E-state index in [4.69, 9.17) is 10.5 Å². The third kappa shape index (κ3) is 5.09. The topological polar surface area (TPSA) is 58.7 Å². The third-order valence-corrected chi connectivity index (χ3v) is 3.41. The van der Waals surface area contributed by atoms with Crippen molar-refractivity contribution >= 4 is 5.69 Å². The van der Waals surface area contributed by atoms with Gasteiger partial charge < -0.3 is 20.5 Å². The van der Waals surface area contributed by atoms with Crippen molar-refractivity contribution < 1.29 is 9.84 Å². The molecule has 0 bridgehead atoms. The van der Waals surface area contributed by atoms with Crippen LogP contribution in [0.25, 0.3) is 0 Å². The monoisotopic (exact) mass is 266 g/mol. The first-order valence-corrected chi connectivity index (χ1v) is 6.94. The number of aliphatic hydroxyl groups is 1. The van der Waals surface area contributed by atoms with Crippen LogP contribution in [0.1, 0.15) is 26.7 Å². The van der Waals surface area contributed by atoms with Crippen LogP contribution in [0.3, 0.4) is 0 Å². The number of para-hydroxylation sites is 2. The van der Waals surface area contributed by atoms with Crippen molar-refractivity contribution in [1.82, 2.24) is 4.90 Å². The summed E-state index contributed by atoms with van der Waals surface area (Å²) in [6.45, 7) is 5.20. The number of likely N-dealkylation sites (N-methyl/N-ethyl adjacent to an activating group) is 1. The minimum absolute atomic E-state index is 0.263. The van der Waals surface area contributed by atoms with Crippen LogP contribution in [-0.2, 0) is 0 Å². The number of aliphatic hydroxyl groups excluding tert-OH is 1. The molecule has 4 heteroatoms. The highest BCUT2D eigenvalue weighted by atomic mass is 16.5. The van der Waals surface area contributed by atoms with E-state index in [1.807, 2.05) is 25.2 Å². The zero-order valence-electron chi connectivity index (χ0n) is 12.2. The zero-order valence-corrected chi connectivity index (χ0v) is 12.2. The van der Waals surface area contributed by atoms with Crippen LogP contribution in [-0.4, -0.2) is 42.4 Å². The molecule has 0 amide bonds. The Morgan fingerprint density at radius 2 is 1.89 bits per heavy atom. The van der Waals surface area contributed by atoms with Crippen LogP contribution < -0.4 is 10.5 Å². The minimum Gasteiger partial charge on any atom is -0.489 e. The quantitative estimate of drug-likeness (QED) is 0.708. The second kappa shape index (κ2) is 8.02. The van der Waals surface area contributed by atoms with Crippen molar-refractivity contribution in [1.29, 1.82) is 0 Å². The molecule has 19 heavy (non-hydrogen) atoms. The van der Waals surface area contributed by atoms with Gasteiger partial charge in [0.25, 0.3) is 0 Å². The smallest absolute Gasteiger partial charge is 0.142 e. The molecule has 0 aliphatic carbocycles. The van der Waals surface area contributed by atoms with E-state index in [1.165, 1.54) is 0 Å². The summed E-state index contributed by atoms with van der Waals surface area (Å²) in [5, 5.41) is 10.0. The first-order chi connectivity index (χ1) is 9.08. The van der Waals surface area contributed by atoms with Gasteiger partial charge >= 0.3 is 0 Å². The van der Waals surface area contributed by atoms with E-state index < -0.39 is 6.10 Å². The lowest BCUT2D eigenvalue weighted by Gasteiger charge is -2.28. The standard InChI is InChI=1S/C15H26N2O2/c1-4-12(5-2)17(3)10-13(18)11-19-15-9-7-6-8-14(15)16/h6-9,12-13,18H,4-5,10-11,16H2,1-3H3. The maximum Gasteiger partial charge on any atom is 0.142 e. The predicted molar refractivity (Wildman–Crippen MR) is 79.4 cm³/mol. The maximum atomic E-state index is 10.0. The number of nitrogen functional groups attached to an aromatic ring is 1. The molecule has 0 aliphatic heterocycles. The average molecular weight is 266 g/mol. The molecule has 1 aromatic rings. The highest BCUT2D eigenvalue weighted by Crippen LogP contribution is 2.19. The molecule has 0 fully saturated rings. The van der Waals surface area contributed by atoms with E-state index in [0.29, 0.717) is 24.0 Å². The van der Waals surface area contributed by atoms with E-state index in [2.05, 4.69) is 18.7 Å². The lowest BCUT2D eigenvalue weighted by molar-refractivity contribution is 0.0618. The Morgan fingerprint density at radius 1 is 1.26 bits per heavy atom. The molecule has 1 aromatic carbocycles. The molecule has 0 aromatic heterocycles. The number of ether oxygens (including phenoxy) is 1. The summed E-state index contributed by atoms with van der Waals surface area (Å²) in [5.74, 6) is 0.631. The number of benzene rings is 1. The Morgan fingerprint density at radius 3 is 2.47 bits per heavy atom. The van der Waals surface area contributed by atoms with E-state index in [-0.39, 0.29) is 6.61 Å². The van der Waals surface area contributed by atoms with Crippen molar-refractivity contribution in [2.24, 2.45) is 0 Å². The van der Waals surface area contributed by atoms with Crippen molar-refractivity contribution in [3.63, 3.8) is 0 Å². The van der Waals surface area contributed by atoms with Gasteiger partial charge in [0.15, 0.2) is 0 Å². The average Bonchev–Trinajstić information content (AvgIpc) is 2.39. The first kappa shape index (κ1) is 15.8. The molecule has 1 rings (SSSR count). The molecular formula is C15H26N2O2. The number of anilines is 1. The molecule has 3 N–H and O–H groups in total. The molecule has 108 valence electrons. The second-order valence-corrected chi connectivity index (χ2v) is 4.91. The van der Waals surface area contributed by atoms with Crippen LogP contribution in [0.2, 0.25) is 0 Å². The van der Waals surface area contributed by atoms with Crippen LogP contribution in [0.15, 0.2) is 24.3 Å². The number of hydrogen-bond donors (Lipinski definition) is 2. The normalized spacial score (nSPS) is 12.9. The molecule has 0 heterocycles. The van der Waals surface area contributed by atoms with Gasteiger partial charge in [0.1, 0.15) is 18.5 Å². The second-order valence-electron chi connectivity index (χ2n) is 4.91. The molecule has 0 saturated heterocycles. The van der Waals surface area contributed by atoms with Crippen LogP contribution >= 0.6 is 0 Å². The fraction of sp³-hybridized carbons (Fsp3) is 0.600. The van der Waals surface area contributed by atoms with Gasteiger partial charge in [-0.3, -0.25) is 0 Å². The van der Waals surface area contributed by atoms with E-state index in [1.54, 1.807) is 6.07 Å². The summed E-state index contributed by atoms with van der Waals surface area (Å²) in [7, 11) is 2.04. The van der Waals surface area contributed by atoms with Gasteiger partial charge in [0, 0.05) is 12.6 Å². The van der Waals surface area contributed by atoms with E-state index in [0.717, 1.165) is 12.8 Å². The summed E-state index contributed by atoms with van der Waals surface area (Å²) in [4.78, 5) is 2.18. The van der Waals surface area contributed by atoms with Gasteiger partial charge in [-0.25, -0.2) is 0 Å². The number of rotatable bonds is 8. The Balaban J connectivity index is 2.39. The highest BCUT2D eigenvalue weighted by molar-refractivity contribution is 5.51. The van der Waals surface area contributed by atoms with Gasteiger partial charge in [-0.05, 0) is 32.0 Å². The Labute approximate surface area is 116 Å². The van der Waals surface area contributed by atoms with Gasteiger partial charge in [-0.1, -0.05) is 26.0 Å². The fourth-order valence-electron chi connectivity index (χ4n) is 2.24. The molecule has 0 spiro atoms. The van der Waals surface area contributed by atoms with Crippen LogP contribution in [0.5, 0.6) is 5.75 Å². The fourth-order valence-corrected chi connectivity index (χ4v) is 2.24. The largest absolute Gasteiger partial charge is 0.489 e. The van der Waals surface area contributed by atoms with Crippen LogP contribution in [0.4, 0.5) is 5.69 Å². The van der Waals surface area contributed by atoms with Crippen molar-refractivity contribution in [3.8, 4) is 5.75 Å². The molecule has 0 saturated carbocycles. The number of nitrogens with zero attached hydrogens (tertiary/aromatic N) is 1. The molecule has 4 nitrogen and oxygen atoms in total. The van der Waals surface area contributed by atoms with E-state index in [9.17, 15) is 5.11 Å². The van der Waals surface area contributed by atoms with E-state index >= 15 is 0 Å². The zero-order chi connectivity index (χ0) is 14.3. The SMILES string of the molecule is CCC(CC)N(C)CC(O)COc1ccccc1N. The highest BCUT2D eigenvalue weighted by Gasteiger charge is 2.15. The molecule has 0 aliphatic rings. The summed E-state index contributed by atoms with van der Waals surface area (Å²) in [6, 6.07) is 7.84. The summed E-state index contributed by atoms with van der Waals surface area (Å²) in [6.07, 6.45) is 1.67. The summed E-state index contributed by atoms with van der Waals surface area (Å²) >= 11 is 0. The molecule has 1 unspecified atom stereocenters. The summed E-state index contributed by atoms with van der Waals surface area (Å²) in [5.41, 5.74) is 6.38. The lowest BCUT2D eigenvalue weighted by atomic mass is 10.1. The Bertz CT molecular complexity index is 367. The van der Waals surface area contributed by atoms with Crippen molar-refractivity contribution in [2.45, 2.75) is 38.8 Å². The molecule has 1 atom stereocenters. The molecule has 0 radical (unpaired) electrons. The molecular weight excluding hydrogens is 240 g/mol. The lowest BCUT2D eigenvalue weighted by Crippen LogP contribution is -2.39. The van der Waals surface area contributed by atoms with Gasteiger partial charge in [0.05, 0.1) is 5.69 Å². The minimum atomic E-state index is -0.509. The van der Waals surface area contributed by atoms with Gasteiger partial charge in [-0.2, -0.15) is 0 Å². The summed E-state index contributed by atoms with van der Waals surface area (Å²) < 4.78 is 5.54. The van der Waals surface area contributed by atoms with Gasteiger partial charge in [0.2, 0.25) is 0 Å². The third-order valence-electron chi connectivity index (χ3n) is 3.41. The van der Waals surface area contributed by atoms with Crippen LogP contribution in [0, 0.1) is 0 Å². The Hall–Kier alpha value is -1.26. The van der Waals surface area contributed by atoms with Crippen molar-refractivity contribution in [3.05, 3.63) is 24.3 Å². The first-order valence-electron chi connectivity index (χ1n) is 6.94. The number of hydrogen-bond acceptors (Lipinski definition) is 4.